The van der Waals surface area contributed by atoms with Crippen molar-refractivity contribution in [1.29, 1.82) is 0 Å². The van der Waals surface area contributed by atoms with Crippen molar-refractivity contribution in [2.75, 3.05) is 13.2 Å². The second-order valence-electron chi connectivity index (χ2n) is 4.84. The van der Waals surface area contributed by atoms with Gasteiger partial charge in [0.15, 0.2) is 5.78 Å². The molecule has 94 valence electrons. The smallest absolute Gasteiger partial charge is 0.163 e. The van der Waals surface area contributed by atoms with Crippen LogP contribution in [0.5, 0.6) is 0 Å². The van der Waals surface area contributed by atoms with Crippen molar-refractivity contribution in [2.45, 2.75) is 40.2 Å². The minimum absolute atomic E-state index is 0.109. The van der Waals surface area contributed by atoms with Crippen LogP contribution in [-0.2, 0) is 11.3 Å². The van der Waals surface area contributed by atoms with Crippen molar-refractivity contribution in [3.63, 3.8) is 0 Å². The highest BCUT2D eigenvalue weighted by Gasteiger charge is 2.19. The Morgan fingerprint density at radius 2 is 2.06 bits per heavy atom. The molecule has 1 aromatic heterocycles. The van der Waals surface area contributed by atoms with Crippen molar-refractivity contribution >= 4 is 5.78 Å². The number of ether oxygens (including phenoxy) is 1. The maximum absolute atomic E-state index is 11.5. The van der Waals surface area contributed by atoms with E-state index in [0.717, 1.165) is 49.6 Å². The van der Waals surface area contributed by atoms with Gasteiger partial charge in [0.1, 0.15) is 0 Å². The summed E-state index contributed by atoms with van der Waals surface area (Å²) in [5.74, 6) is 0.736. The zero-order valence-corrected chi connectivity index (χ0v) is 10.8. The molecule has 0 N–H and O–H groups in total. The van der Waals surface area contributed by atoms with Gasteiger partial charge in [-0.3, -0.25) is 9.48 Å². The zero-order valence-electron chi connectivity index (χ0n) is 10.8. The summed E-state index contributed by atoms with van der Waals surface area (Å²) in [4.78, 5) is 11.5. The molecule has 1 aromatic rings. The first-order valence-electron chi connectivity index (χ1n) is 6.22. The van der Waals surface area contributed by atoms with Crippen molar-refractivity contribution in [1.82, 2.24) is 9.78 Å². The SMILES string of the molecule is CC(=O)c1c(C)nn(CC2CCOCC2)c1C. The van der Waals surface area contributed by atoms with Gasteiger partial charge in [0, 0.05) is 25.5 Å². The molecule has 0 radical (unpaired) electrons. The molecule has 0 atom stereocenters. The molecule has 4 heteroatoms. The van der Waals surface area contributed by atoms with Crippen LogP contribution >= 0.6 is 0 Å². The predicted octanol–water partition coefficient (Wildman–Crippen LogP) is 2.13. The molecule has 0 amide bonds. The normalized spacial score (nSPS) is 17.4. The van der Waals surface area contributed by atoms with Crippen molar-refractivity contribution in [3.8, 4) is 0 Å². The van der Waals surface area contributed by atoms with Gasteiger partial charge in [-0.1, -0.05) is 0 Å². The molecule has 1 saturated heterocycles. The minimum Gasteiger partial charge on any atom is -0.381 e. The molecule has 0 aliphatic carbocycles. The minimum atomic E-state index is 0.109. The van der Waals surface area contributed by atoms with Gasteiger partial charge in [0.05, 0.1) is 11.3 Å². The Bertz CT molecular complexity index is 417. The van der Waals surface area contributed by atoms with E-state index < -0.39 is 0 Å². The Labute approximate surface area is 102 Å². The molecule has 1 fully saturated rings. The van der Waals surface area contributed by atoms with Crippen LogP contribution < -0.4 is 0 Å². The van der Waals surface area contributed by atoms with Gasteiger partial charge in [0.2, 0.25) is 0 Å². The van der Waals surface area contributed by atoms with Crippen LogP contribution in [0.15, 0.2) is 0 Å². The molecule has 0 unspecified atom stereocenters. The summed E-state index contributed by atoms with van der Waals surface area (Å²) in [7, 11) is 0. The van der Waals surface area contributed by atoms with E-state index in [0.29, 0.717) is 5.92 Å². The molecule has 17 heavy (non-hydrogen) atoms. The first kappa shape index (κ1) is 12.3. The monoisotopic (exact) mass is 236 g/mol. The highest BCUT2D eigenvalue weighted by molar-refractivity contribution is 5.96. The average Bonchev–Trinajstić information content (AvgIpc) is 2.55. The third-order valence-electron chi connectivity index (χ3n) is 3.51. The molecule has 0 bridgehead atoms. The summed E-state index contributed by atoms with van der Waals surface area (Å²) < 4.78 is 7.34. The fraction of sp³-hybridized carbons (Fsp3) is 0.692. The van der Waals surface area contributed by atoms with Gasteiger partial charge in [-0.2, -0.15) is 5.10 Å². The fourth-order valence-corrected chi connectivity index (χ4v) is 2.56. The first-order valence-corrected chi connectivity index (χ1v) is 6.22. The highest BCUT2D eigenvalue weighted by atomic mass is 16.5. The number of rotatable bonds is 3. The zero-order chi connectivity index (χ0) is 12.4. The predicted molar refractivity (Wildman–Crippen MR) is 65.2 cm³/mol. The number of carbonyl (C=O) groups excluding carboxylic acids is 1. The van der Waals surface area contributed by atoms with Crippen LogP contribution in [0.25, 0.3) is 0 Å². The molecular formula is C13H20N2O2. The van der Waals surface area contributed by atoms with E-state index in [2.05, 4.69) is 5.10 Å². The maximum atomic E-state index is 11.5. The summed E-state index contributed by atoms with van der Waals surface area (Å²) in [5.41, 5.74) is 2.64. The number of aromatic nitrogens is 2. The maximum Gasteiger partial charge on any atom is 0.163 e. The van der Waals surface area contributed by atoms with E-state index in [4.69, 9.17) is 4.74 Å². The lowest BCUT2D eigenvalue weighted by Gasteiger charge is -2.22. The van der Waals surface area contributed by atoms with E-state index in [1.165, 1.54) is 0 Å². The highest BCUT2D eigenvalue weighted by Crippen LogP contribution is 2.20. The molecule has 0 spiro atoms. The van der Waals surface area contributed by atoms with Crippen molar-refractivity contribution < 1.29 is 9.53 Å². The molecule has 1 aliphatic rings. The second-order valence-corrected chi connectivity index (χ2v) is 4.84. The molecule has 0 saturated carbocycles. The second kappa shape index (κ2) is 5.00. The van der Waals surface area contributed by atoms with Gasteiger partial charge in [0.25, 0.3) is 0 Å². The molecule has 2 rings (SSSR count). The largest absolute Gasteiger partial charge is 0.381 e. The summed E-state index contributed by atoms with van der Waals surface area (Å²) in [5, 5.41) is 4.48. The Morgan fingerprint density at radius 3 is 2.59 bits per heavy atom. The fourth-order valence-electron chi connectivity index (χ4n) is 2.56. The average molecular weight is 236 g/mol. The quantitative estimate of drug-likeness (QED) is 0.755. The number of carbonyl (C=O) groups is 1. The van der Waals surface area contributed by atoms with Crippen LogP contribution in [0.2, 0.25) is 0 Å². The van der Waals surface area contributed by atoms with Crippen molar-refractivity contribution in [3.05, 3.63) is 17.0 Å². The first-order chi connectivity index (χ1) is 8.09. The van der Waals surface area contributed by atoms with E-state index in [9.17, 15) is 4.79 Å². The number of Topliss-reactive ketones (excluding diaryl/α,β-unsaturated/α-hetero) is 1. The van der Waals surface area contributed by atoms with Gasteiger partial charge in [-0.25, -0.2) is 0 Å². The Balaban J connectivity index is 2.15. The summed E-state index contributed by atoms with van der Waals surface area (Å²) in [6.07, 6.45) is 2.18. The summed E-state index contributed by atoms with van der Waals surface area (Å²) in [6.45, 7) is 8.10. The number of hydrogen-bond donors (Lipinski definition) is 0. The molecule has 2 heterocycles. The number of nitrogens with zero attached hydrogens (tertiary/aromatic N) is 2. The third-order valence-corrected chi connectivity index (χ3v) is 3.51. The Kier molecular flexibility index (Phi) is 3.62. The van der Waals surface area contributed by atoms with E-state index in [1.807, 2.05) is 18.5 Å². The van der Waals surface area contributed by atoms with Gasteiger partial charge >= 0.3 is 0 Å². The molecular weight excluding hydrogens is 216 g/mol. The van der Waals surface area contributed by atoms with Crippen LogP contribution in [0.4, 0.5) is 0 Å². The lowest BCUT2D eigenvalue weighted by molar-refractivity contribution is 0.0599. The van der Waals surface area contributed by atoms with E-state index >= 15 is 0 Å². The van der Waals surface area contributed by atoms with Crippen LogP contribution in [0.3, 0.4) is 0 Å². The van der Waals surface area contributed by atoms with Gasteiger partial charge < -0.3 is 4.74 Å². The lowest BCUT2D eigenvalue weighted by Crippen LogP contribution is -2.21. The lowest BCUT2D eigenvalue weighted by atomic mass is 10.0. The molecule has 1 aliphatic heterocycles. The Morgan fingerprint density at radius 1 is 1.41 bits per heavy atom. The number of ketones is 1. The summed E-state index contributed by atoms with van der Waals surface area (Å²) in [6, 6.07) is 0. The van der Waals surface area contributed by atoms with Gasteiger partial charge in [-0.05, 0) is 39.5 Å². The van der Waals surface area contributed by atoms with Crippen LogP contribution in [0, 0.1) is 19.8 Å². The topological polar surface area (TPSA) is 44.1 Å². The standard InChI is InChI=1S/C13H20N2O2/c1-9-13(11(3)16)10(2)15(14-9)8-12-4-6-17-7-5-12/h12H,4-8H2,1-3H3. The van der Waals surface area contributed by atoms with Crippen LogP contribution in [-0.4, -0.2) is 28.8 Å². The van der Waals surface area contributed by atoms with E-state index in [1.54, 1.807) is 6.92 Å². The number of aryl methyl sites for hydroxylation is 1. The van der Waals surface area contributed by atoms with Crippen LogP contribution in [0.1, 0.15) is 41.5 Å². The molecule has 4 nitrogen and oxygen atoms in total. The van der Waals surface area contributed by atoms with E-state index in [-0.39, 0.29) is 5.78 Å². The number of hydrogen-bond acceptors (Lipinski definition) is 3. The van der Waals surface area contributed by atoms with Crippen molar-refractivity contribution in [2.24, 2.45) is 5.92 Å². The third kappa shape index (κ3) is 2.57. The van der Waals surface area contributed by atoms with Gasteiger partial charge in [-0.15, -0.1) is 0 Å². The molecule has 0 aromatic carbocycles. The summed E-state index contributed by atoms with van der Waals surface area (Å²) >= 11 is 0. The Hall–Kier alpha value is -1.16.